The molecule has 0 spiro atoms. The minimum absolute atomic E-state index is 0.0467. The average molecular weight is 448 g/mol. The fourth-order valence-corrected chi connectivity index (χ4v) is 4.50. The van der Waals surface area contributed by atoms with Gasteiger partial charge >= 0.3 is 5.63 Å². The molecule has 0 atom stereocenters. The summed E-state index contributed by atoms with van der Waals surface area (Å²) in [6.45, 7) is 1.32. The zero-order valence-electron chi connectivity index (χ0n) is 18.8. The number of nitrogens with zero attached hydrogens (tertiary/aromatic N) is 2. The van der Waals surface area contributed by atoms with Gasteiger partial charge in [-0.3, -0.25) is 0 Å². The molecule has 5 aromatic rings. The normalized spacial score (nSPS) is 11.9. The Labute approximate surface area is 188 Å². The number of hydrogen-bond donors (Lipinski definition) is 2. The molecular weight excluding hydrogens is 424 g/mol. The van der Waals surface area contributed by atoms with Crippen LogP contribution in [0.15, 0.2) is 45.6 Å². The molecule has 8 heteroatoms. The average Bonchev–Trinajstić information content (AvgIpc) is 3.12. The number of aromatic nitrogens is 1. The number of hydrogen-bond acceptors (Lipinski definition) is 7. The number of ether oxygens (including phenoxy) is 2. The van der Waals surface area contributed by atoms with Crippen molar-refractivity contribution in [2.45, 2.75) is 6.54 Å². The maximum Gasteiger partial charge on any atom is 0.346 e. The molecule has 2 N–H and O–H groups in total. The van der Waals surface area contributed by atoms with E-state index in [2.05, 4.69) is 9.47 Å². The molecule has 0 radical (unpaired) electrons. The largest absolute Gasteiger partial charge is 0.504 e. The molecule has 0 unspecified atom stereocenters. The van der Waals surface area contributed by atoms with Crippen molar-refractivity contribution in [1.29, 1.82) is 0 Å². The molecule has 0 bridgehead atoms. The maximum atomic E-state index is 13.2. The monoisotopic (exact) mass is 448 g/mol. The first-order valence-electron chi connectivity index (χ1n) is 10.5. The summed E-state index contributed by atoms with van der Waals surface area (Å²) < 4.78 is 18.4. The molecule has 0 aliphatic rings. The SMILES string of the molecule is COc1cc2c(ccc3c4c(=O)oc5cc(O)c(OC)cc5c4n(CCN(C)C)c23)cc1O. The summed E-state index contributed by atoms with van der Waals surface area (Å²) in [6.07, 6.45) is 0. The third-order valence-electron chi connectivity index (χ3n) is 6.05. The van der Waals surface area contributed by atoms with Gasteiger partial charge in [0.2, 0.25) is 0 Å². The van der Waals surface area contributed by atoms with Crippen LogP contribution in [0.1, 0.15) is 0 Å². The lowest BCUT2D eigenvalue weighted by molar-refractivity contribution is 0.373. The molecule has 2 aromatic heterocycles. The van der Waals surface area contributed by atoms with Crippen molar-refractivity contribution >= 4 is 43.5 Å². The van der Waals surface area contributed by atoms with Crippen molar-refractivity contribution in [2.75, 3.05) is 34.9 Å². The number of rotatable bonds is 5. The summed E-state index contributed by atoms with van der Waals surface area (Å²) in [7, 11) is 6.95. The predicted molar refractivity (Wildman–Crippen MR) is 128 cm³/mol. The summed E-state index contributed by atoms with van der Waals surface area (Å²) >= 11 is 0. The molecule has 0 aliphatic heterocycles. The Morgan fingerprint density at radius 2 is 1.58 bits per heavy atom. The highest BCUT2D eigenvalue weighted by molar-refractivity contribution is 6.22. The second-order valence-corrected chi connectivity index (χ2v) is 8.30. The molecule has 2 heterocycles. The number of fused-ring (bicyclic) bond motifs is 7. The first-order chi connectivity index (χ1) is 15.8. The summed E-state index contributed by atoms with van der Waals surface area (Å²) in [6, 6.07) is 10.3. The molecule has 0 saturated carbocycles. The van der Waals surface area contributed by atoms with Crippen molar-refractivity contribution in [1.82, 2.24) is 9.47 Å². The summed E-state index contributed by atoms with van der Waals surface area (Å²) in [4.78, 5) is 15.2. The van der Waals surface area contributed by atoms with E-state index in [-0.39, 0.29) is 17.1 Å². The van der Waals surface area contributed by atoms with Crippen molar-refractivity contribution in [2.24, 2.45) is 0 Å². The van der Waals surface area contributed by atoms with Crippen LogP contribution < -0.4 is 15.1 Å². The van der Waals surface area contributed by atoms with Gasteiger partial charge < -0.3 is 33.6 Å². The van der Waals surface area contributed by atoms with Crippen LogP contribution in [0.4, 0.5) is 0 Å². The lowest BCUT2D eigenvalue weighted by Gasteiger charge is -2.15. The lowest BCUT2D eigenvalue weighted by Crippen LogP contribution is -2.18. The molecule has 170 valence electrons. The first kappa shape index (κ1) is 21.0. The van der Waals surface area contributed by atoms with E-state index in [1.165, 1.54) is 20.3 Å². The lowest BCUT2D eigenvalue weighted by atomic mass is 10.0. The molecule has 0 amide bonds. The summed E-state index contributed by atoms with van der Waals surface area (Å²) in [5, 5.41) is 24.1. The molecule has 5 rings (SSSR count). The van der Waals surface area contributed by atoms with E-state index in [1.807, 2.05) is 26.2 Å². The van der Waals surface area contributed by atoms with Crippen LogP contribution in [0.3, 0.4) is 0 Å². The van der Waals surface area contributed by atoms with Crippen molar-refractivity contribution in [3.63, 3.8) is 0 Å². The number of phenols is 2. The van der Waals surface area contributed by atoms with Crippen molar-refractivity contribution in [3.05, 3.63) is 46.8 Å². The van der Waals surface area contributed by atoms with Gasteiger partial charge in [0.25, 0.3) is 0 Å². The highest BCUT2D eigenvalue weighted by atomic mass is 16.5. The standard InChI is InChI=1S/C25H24N2O6/c1-26(2)7-8-27-23-14(6-5-13-9-17(28)20(31-3)10-15(13)23)22-24(27)16-11-21(32-4)18(29)12-19(16)33-25(22)30/h5-6,9-12,28-29H,7-8H2,1-4H3. The smallest absolute Gasteiger partial charge is 0.346 e. The molecule has 8 nitrogen and oxygen atoms in total. The predicted octanol–water partition coefficient (Wildman–Crippen LogP) is 4.04. The van der Waals surface area contributed by atoms with Crippen LogP contribution in [0, 0.1) is 0 Å². The van der Waals surface area contributed by atoms with Gasteiger partial charge in [-0.05, 0) is 37.7 Å². The topological polar surface area (TPSA) is 97.3 Å². The number of methoxy groups -OCH3 is 2. The second-order valence-electron chi connectivity index (χ2n) is 8.30. The van der Waals surface area contributed by atoms with Gasteiger partial charge in [0, 0.05) is 35.3 Å². The summed E-state index contributed by atoms with van der Waals surface area (Å²) in [5.41, 5.74) is 1.34. The van der Waals surface area contributed by atoms with Gasteiger partial charge in [0.05, 0.1) is 30.6 Å². The van der Waals surface area contributed by atoms with Crippen molar-refractivity contribution in [3.8, 4) is 23.0 Å². The Hall–Kier alpha value is -3.91. The van der Waals surface area contributed by atoms with E-state index in [1.54, 1.807) is 18.2 Å². The molecule has 0 fully saturated rings. The summed E-state index contributed by atoms with van der Waals surface area (Å²) in [5.74, 6) is 0.584. The zero-order valence-corrected chi connectivity index (χ0v) is 18.8. The zero-order chi connectivity index (χ0) is 23.4. The Morgan fingerprint density at radius 1 is 0.909 bits per heavy atom. The van der Waals surface area contributed by atoms with E-state index in [0.717, 1.165) is 28.2 Å². The Kier molecular flexibility index (Phi) is 4.83. The van der Waals surface area contributed by atoms with Gasteiger partial charge in [-0.25, -0.2) is 4.79 Å². The number of aromatic hydroxyl groups is 2. The molecular formula is C25H24N2O6. The van der Waals surface area contributed by atoms with E-state index in [0.29, 0.717) is 34.3 Å². The van der Waals surface area contributed by atoms with Gasteiger partial charge in [0.15, 0.2) is 23.0 Å². The Balaban J connectivity index is 2.04. The number of likely N-dealkylation sites (N-methyl/N-ethyl adjacent to an activating group) is 1. The first-order valence-corrected chi connectivity index (χ1v) is 10.5. The quantitative estimate of drug-likeness (QED) is 0.392. The molecule has 3 aromatic carbocycles. The van der Waals surface area contributed by atoms with Crippen LogP contribution in [0.25, 0.3) is 43.5 Å². The highest BCUT2D eigenvalue weighted by Crippen LogP contribution is 2.41. The minimum Gasteiger partial charge on any atom is -0.504 e. The van der Waals surface area contributed by atoms with E-state index in [4.69, 9.17) is 13.9 Å². The maximum absolute atomic E-state index is 13.2. The Morgan fingerprint density at radius 3 is 2.24 bits per heavy atom. The second kappa shape index (κ2) is 7.60. The van der Waals surface area contributed by atoms with Crippen LogP contribution in [0.5, 0.6) is 23.0 Å². The Bertz CT molecular complexity index is 1610. The van der Waals surface area contributed by atoms with Crippen LogP contribution in [0.2, 0.25) is 0 Å². The van der Waals surface area contributed by atoms with Crippen molar-refractivity contribution < 1.29 is 24.1 Å². The molecule has 0 saturated heterocycles. The van der Waals surface area contributed by atoms with Crippen LogP contribution >= 0.6 is 0 Å². The van der Waals surface area contributed by atoms with E-state index < -0.39 is 5.63 Å². The fourth-order valence-electron chi connectivity index (χ4n) is 4.50. The number of phenolic OH excluding ortho intramolecular Hbond substituents is 2. The van der Waals surface area contributed by atoms with Crippen LogP contribution in [-0.4, -0.2) is 54.5 Å². The molecule has 33 heavy (non-hydrogen) atoms. The highest BCUT2D eigenvalue weighted by Gasteiger charge is 2.22. The fraction of sp³-hybridized carbons (Fsp3) is 0.240. The van der Waals surface area contributed by atoms with Crippen LogP contribution in [-0.2, 0) is 6.54 Å². The minimum atomic E-state index is -0.485. The third-order valence-corrected chi connectivity index (χ3v) is 6.05. The molecule has 0 aliphatic carbocycles. The van der Waals surface area contributed by atoms with Gasteiger partial charge in [-0.1, -0.05) is 12.1 Å². The third kappa shape index (κ3) is 3.14. The van der Waals surface area contributed by atoms with E-state index >= 15 is 0 Å². The van der Waals surface area contributed by atoms with Gasteiger partial charge in [0.1, 0.15) is 5.58 Å². The number of benzene rings is 3. The van der Waals surface area contributed by atoms with Gasteiger partial charge in [-0.15, -0.1) is 0 Å². The van der Waals surface area contributed by atoms with Gasteiger partial charge in [-0.2, -0.15) is 0 Å². The van der Waals surface area contributed by atoms with E-state index in [9.17, 15) is 15.0 Å².